The van der Waals surface area contributed by atoms with E-state index >= 15 is 0 Å². The number of benzene rings is 3. The number of nitro groups is 1. The number of nitrogens with zero attached hydrogens (tertiary/aromatic N) is 3. The highest BCUT2D eigenvalue weighted by atomic mass is 16.6. The maximum atomic E-state index is 13.1. The third-order valence-corrected chi connectivity index (χ3v) is 5.17. The average Bonchev–Trinajstić information content (AvgIpc) is 2.89. The molecule has 0 aliphatic rings. The fourth-order valence-corrected chi connectivity index (χ4v) is 3.41. The molecule has 36 heavy (non-hydrogen) atoms. The summed E-state index contributed by atoms with van der Waals surface area (Å²) < 4.78 is 0. The molecule has 0 radical (unpaired) electrons. The maximum absolute atomic E-state index is 13.1. The average molecular weight is 486 g/mol. The molecule has 1 heterocycles. The highest BCUT2D eigenvalue weighted by Crippen LogP contribution is 2.22. The van der Waals surface area contributed by atoms with Crippen LogP contribution >= 0.6 is 0 Å². The Morgan fingerprint density at radius 2 is 1.75 bits per heavy atom. The van der Waals surface area contributed by atoms with E-state index in [2.05, 4.69) is 26.0 Å². The summed E-state index contributed by atoms with van der Waals surface area (Å²) in [5.74, 6) is -1.68. The van der Waals surface area contributed by atoms with Gasteiger partial charge in [-0.1, -0.05) is 36.4 Å². The number of fused-ring (bicyclic) bond motifs is 1. The molecular formula is C24H18N6O6. The predicted octanol–water partition coefficient (Wildman–Crippen LogP) is 2.16. The normalized spacial score (nSPS) is 11.8. The Kier molecular flexibility index (Phi) is 6.77. The molecule has 0 aliphatic heterocycles. The molecule has 12 nitrogen and oxygen atoms in total. The van der Waals surface area contributed by atoms with Crippen LogP contribution in [0.5, 0.6) is 5.75 Å². The standard InChI is InChI=1S/C24H18N6O6/c31-19-11-10-16(30(35)36)12-15(19)13-25-28-24(34)21(26-22(32)14-6-2-1-3-7-14)20-17-8-4-5-9-18(17)23(33)29-27-20/h1-13,21,31H,(H,26,32)(H,28,34)(H,29,33)/t21-/m1/s1. The van der Waals surface area contributed by atoms with E-state index in [1.807, 2.05) is 0 Å². The largest absolute Gasteiger partial charge is 0.507 e. The second kappa shape index (κ2) is 10.3. The first kappa shape index (κ1) is 23.8. The van der Waals surface area contributed by atoms with Gasteiger partial charge in [-0.25, -0.2) is 10.5 Å². The molecule has 1 atom stereocenters. The summed E-state index contributed by atoms with van der Waals surface area (Å²) in [4.78, 5) is 48.5. The molecule has 0 saturated heterocycles. The van der Waals surface area contributed by atoms with Gasteiger partial charge in [-0.15, -0.1) is 0 Å². The van der Waals surface area contributed by atoms with Crippen molar-refractivity contribution >= 4 is 34.5 Å². The van der Waals surface area contributed by atoms with Crippen molar-refractivity contribution in [2.45, 2.75) is 6.04 Å². The van der Waals surface area contributed by atoms with Gasteiger partial charge in [0.2, 0.25) is 0 Å². The van der Waals surface area contributed by atoms with Crippen LogP contribution in [0.1, 0.15) is 27.7 Å². The molecule has 4 rings (SSSR count). The number of nitro benzene ring substituents is 1. The monoisotopic (exact) mass is 486 g/mol. The minimum absolute atomic E-state index is 0.0120. The molecule has 12 heteroatoms. The van der Waals surface area contributed by atoms with Crippen LogP contribution in [0, 0.1) is 10.1 Å². The molecule has 1 aromatic heterocycles. The highest BCUT2D eigenvalue weighted by molar-refractivity contribution is 5.99. The van der Waals surface area contributed by atoms with Gasteiger partial charge in [0.05, 0.1) is 16.5 Å². The molecular weight excluding hydrogens is 468 g/mol. The predicted molar refractivity (Wildman–Crippen MR) is 130 cm³/mol. The molecule has 4 N–H and O–H groups in total. The number of aromatic amines is 1. The van der Waals surface area contributed by atoms with Gasteiger partial charge in [0, 0.05) is 28.6 Å². The van der Waals surface area contributed by atoms with Gasteiger partial charge >= 0.3 is 0 Å². The molecule has 0 fully saturated rings. The number of hydrazone groups is 1. The third kappa shape index (κ3) is 5.07. The highest BCUT2D eigenvalue weighted by Gasteiger charge is 2.27. The number of phenols is 1. The minimum Gasteiger partial charge on any atom is -0.507 e. The Bertz CT molecular complexity index is 1550. The number of carbonyl (C=O) groups excluding carboxylic acids is 2. The van der Waals surface area contributed by atoms with Crippen LogP contribution in [-0.4, -0.2) is 38.3 Å². The molecule has 2 amide bonds. The van der Waals surface area contributed by atoms with Gasteiger partial charge in [0.25, 0.3) is 23.1 Å². The summed E-state index contributed by atoms with van der Waals surface area (Å²) in [6.07, 6.45) is 1.02. The van der Waals surface area contributed by atoms with Crippen LogP contribution in [0.2, 0.25) is 0 Å². The molecule has 0 unspecified atom stereocenters. The minimum atomic E-state index is -1.38. The van der Waals surface area contributed by atoms with Crippen molar-refractivity contribution in [3.05, 3.63) is 110 Å². The topological polar surface area (TPSA) is 180 Å². The number of aromatic hydroxyl groups is 1. The number of hydrogen-bond acceptors (Lipinski definition) is 8. The molecule has 0 spiro atoms. The van der Waals surface area contributed by atoms with Gasteiger partial charge in [-0.05, 0) is 24.3 Å². The Labute approximate surface area is 202 Å². The number of nitrogens with one attached hydrogen (secondary N) is 3. The van der Waals surface area contributed by atoms with E-state index in [1.165, 1.54) is 0 Å². The summed E-state index contributed by atoms with van der Waals surface area (Å²) >= 11 is 0. The van der Waals surface area contributed by atoms with Gasteiger partial charge in [-0.2, -0.15) is 10.2 Å². The fourth-order valence-electron chi connectivity index (χ4n) is 3.41. The van der Waals surface area contributed by atoms with Crippen LogP contribution in [0.15, 0.2) is 82.7 Å². The lowest BCUT2D eigenvalue weighted by molar-refractivity contribution is -0.384. The van der Waals surface area contributed by atoms with E-state index in [9.17, 15) is 29.6 Å². The van der Waals surface area contributed by atoms with Crippen molar-refractivity contribution < 1.29 is 19.6 Å². The van der Waals surface area contributed by atoms with E-state index < -0.39 is 28.3 Å². The van der Waals surface area contributed by atoms with Gasteiger partial charge in [-0.3, -0.25) is 24.5 Å². The molecule has 0 bridgehead atoms. The van der Waals surface area contributed by atoms with Crippen LogP contribution < -0.4 is 16.3 Å². The van der Waals surface area contributed by atoms with Gasteiger partial charge < -0.3 is 10.4 Å². The van der Waals surface area contributed by atoms with E-state index in [0.29, 0.717) is 5.39 Å². The first-order chi connectivity index (χ1) is 17.3. The van der Waals surface area contributed by atoms with Crippen molar-refractivity contribution in [3.63, 3.8) is 0 Å². The second-order valence-electron chi connectivity index (χ2n) is 7.49. The summed E-state index contributed by atoms with van der Waals surface area (Å²) in [6, 6.07) is 16.6. The number of aromatic nitrogens is 2. The van der Waals surface area contributed by atoms with Gasteiger partial charge in [0.1, 0.15) is 11.4 Å². The number of rotatable bonds is 7. The first-order valence-corrected chi connectivity index (χ1v) is 10.5. The van der Waals surface area contributed by atoms with E-state index in [0.717, 1.165) is 24.4 Å². The molecule has 0 aliphatic carbocycles. The van der Waals surface area contributed by atoms with Gasteiger partial charge in [0.15, 0.2) is 6.04 Å². The number of non-ortho nitro benzene ring substituents is 1. The smallest absolute Gasteiger partial charge is 0.272 e. The first-order valence-electron chi connectivity index (χ1n) is 10.5. The van der Waals surface area contributed by atoms with E-state index in [1.54, 1.807) is 54.6 Å². The molecule has 180 valence electrons. The van der Waals surface area contributed by atoms with Crippen LogP contribution in [0.4, 0.5) is 5.69 Å². The van der Waals surface area contributed by atoms with Crippen molar-refractivity contribution in [2.75, 3.05) is 0 Å². The van der Waals surface area contributed by atoms with E-state index in [-0.39, 0.29) is 33.6 Å². The van der Waals surface area contributed by atoms with Crippen molar-refractivity contribution in [1.82, 2.24) is 20.9 Å². The van der Waals surface area contributed by atoms with Crippen LogP contribution in [0.3, 0.4) is 0 Å². The lowest BCUT2D eigenvalue weighted by Gasteiger charge is -2.18. The number of amides is 2. The molecule has 3 aromatic carbocycles. The maximum Gasteiger partial charge on any atom is 0.272 e. The third-order valence-electron chi connectivity index (χ3n) is 5.17. The Morgan fingerprint density at radius 1 is 1.06 bits per heavy atom. The lowest BCUT2D eigenvalue weighted by atomic mass is 10.0. The van der Waals surface area contributed by atoms with E-state index in [4.69, 9.17) is 0 Å². The van der Waals surface area contributed by atoms with Crippen LogP contribution in [-0.2, 0) is 4.79 Å². The molecule has 0 saturated carbocycles. The lowest BCUT2D eigenvalue weighted by Crippen LogP contribution is -2.40. The SMILES string of the molecule is O=C(N[C@@H](C(=O)NN=Cc1cc([N+](=O)[O-])ccc1O)c1n[nH]c(=O)c2ccccc12)c1ccccc1. The Balaban J connectivity index is 1.67. The summed E-state index contributed by atoms with van der Waals surface area (Å²) in [7, 11) is 0. The Hall–Kier alpha value is -5.39. The van der Waals surface area contributed by atoms with Crippen molar-refractivity contribution in [2.24, 2.45) is 5.10 Å². The fraction of sp³-hybridized carbons (Fsp3) is 0.0417. The zero-order valence-electron chi connectivity index (χ0n) is 18.4. The number of phenolic OH excluding ortho intramolecular Hbond substituents is 1. The number of carbonyl (C=O) groups is 2. The van der Waals surface area contributed by atoms with Crippen molar-refractivity contribution in [3.8, 4) is 5.75 Å². The number of H-pyrrole nitrogens is 1. The quantitative estimate of drug-likeness (QED) is 0.175. The van der Waals surface area contributed by atoms with Crippen LogP contribution in [0.25, 0.3) is 10.8 Å². The number of hydrogen-bond donors (Lipinski definition) is 4. The zero-order chi connectivity index (χ0) is 25.7. The zero-order valence-corrected chi connectivity index (χ0v) is 18.4. The summed E-state index contributed by atoms with van der Waals surface area (Å²) in [5, 5.41) is 34.2. The molecule has 4 aromatic rings. The van der Waals surface area contributed by atoms with Crippen molar-refractivity contribution in [1.29, 1.82) is 0 Å². The second-order valence-corrected chi connectivity index (χ2v) is 7.49. The Morgan fingerprint density at radius 3 is 2.47 bits per heavy atom. The summed E-state index contributed by atoms with van der Waals surface area (Å²) in [5.41, 5.74) is 1.84. The summed E-state index contributed by atoms with van der Waals surface area (Å²) in [6.45, 7) is 0.